The third kappa shape index (κ3) is 9.95. The minimum absolute atomic E-state index is 0.0623. The number of Topliss-reactive ketones (excluding diaryl/α,β-unsaturated/α-hetero) is 1. The number of ketones is 1. The molecule has 5 aromatic rings. The predicted molar refractivity (Wildman–Crippen MR) is 181 cm³/mol. The van der Waals surface area contributed by atoms with Crippen molar-refractivity contribution in [2.75, 3.05) is 37.9 Å². The fraction of sp³-hybridized carbons (Fsp3) is 0.226. The zero-order chi connectivity index (χ0) is 30.8. The number of benzene rings is 3. The first-order valence-electron chi connectivity index (χ1n) is 13.0. The number of aromatic carboxylic acids is 1. The van der Waals surface area contributed by atoms with E-state index in [1.165, 1.54) is 11.3 Å². The van der Waals surface area contributed by atoms with Gasteiger partial charge in [-0.1, -0.05) is 56.1 Å². The molecule has 0 amide bonds. The Kier molecular flexibility index (Phi) is 12.6. The van der Waals surface area contributed by atoms with Gasteiger partial charge in [-0.15, -0.1) is 11.3 Å². The lowest BCUT2D eigenvalue weighted by atomic mass is 10.2. The number of carbonyl (C=O) groups is 2. The molecule has 3 heterocycles. The van der Waals surface area contributed by atoms with E-state index >= 15 is 0 Å². The van der Waals surface area contributed by atoms with Crippen molar-refractivity contribution in [3.63, 3.8) is 0 Å². The molecule has 1 saturated heterocycles. The Hall–Kier alpha value is -3.22. The van der Waals surface area contributed by atoms with Gasteiger partial charge in [-0.2, -0.15) is 0 Å². The molecular formula is C31H34Br2N4O4S. The lowest BCUT2D eigenvalue weighted by molar-refractivity contribution is 0.0702. The molecule has 0 radical (unpaired) electrons. The van der Waals surface area contributed by atoms with E-state index in [4.69, 9.17) is 21.3 Å². The second-order valence-electron chi connectivity index (χ2n) is 9.65. The summed E-state index contributed by atoms with van der Waals surface area (Å²) in [6.45, 7) is 3.18. The van der Waals surface area contributed by atoms with Crippen LogP contribution in [0.3, 0.4) is 0 Å². The largest absolute Gasteiger partial charge is 0.477 e. The second-order valence-corrected chi connectivity index (χ2v) is 12.6. The molecule has 3 aromatic carbocycles. The third-order valence-electron chi connectivity index (χ3n) is 6.04. The molecule has 11 heteroatoms. The summed E-state index contributed by atoms with van der Waals surface area (Å²) < 4.78 is 7.91. The highest BCUT2D eigenvalue weighted by atomic mass is 79.9. The van der Waals surface area contributed by atoms with Crippen molar-refractivity contribution in [3.05, 3.63) is 92.3 Å². The number of fused-ring (bicyclic) bond motifs is 2. The Balaban J connectivity index is 0.000000159. The highest BCUT2D eigenvalue weighted by Gasteiger charge is 2.09. The molecule has 222 valence electrons. The van der Waals surface area contributed by atoms with Crippen LogP contribution < -0.4 is 16.4 Å². The highest BCUT2D eigenvalue weighted by molar-refractivity contribution is 9.10. The maximum atomic E-state index is 11.1. The standard InChI is InChI=1S/C10H8BrNO.C9H5BrO2S.C8H12N2.C4H9NO/c1-6(13)9-4-7-2-3-8(11)5-10(7)12-9;10-6-2-1-5-3-8(9(11)12)13-7(5)4-6;1-10(2)8-6-4-3-5-7(8)9;5-4-1-2-6-3-4/h2-5,12H,1H3;1-4H,(H,11,12);3-6H,9H2,1-2H3;4H,1-3,5H2. The number of para-hydroxylation sites is 2. The smallest absolute Gasteiger partial charge is 0.345 e. The summed E-state index contributed by atoms with van der Waals surface area (Å²) in [5, 5.41) is 10.8. The third-order valence-corrected chi connectivity index (χ3v) is 8.11. The SMILES string of the molecule is CC(=O)c1cc2ccc(Br)cc2[nH]1.CN(C)c1ccccc1N.NC1CCOC1.O=C(O)c1cc2ccc(Br)cc2s1. The number of nitrogens with two attached hydrogens (primary N) is 2. The van der Waals surface area contributed by atoms with Crippen LogP contribution in [0.5, 0.6) is 0 Å². The molecule has 1 fully saturated rings. The van der Waals surface area contributed by atoms with Crippen LogP contribution in [0.2, 0.25) is 0 Å². The van der Waals surface area contributed by atoms with Crippen LogP contribution in [0.15, 0.2) is 81.7 Å². The van der Waals surface area contributed by atoms with Crippen molar-refractivity contribution in [1.29, 1.82) is 0 Å². The molecule has 2 aromatic heterocycles. The van der Waals surface area contributed by atoms with Crippen LogP contribution >= 0.6 is 43.2 Å². The van der Waals surface area contributed by atoms with Gasteiger partial charge in [0, 0.05) is 58.2 Å². The number of halogens is 2. The van der Waals surface area contributed by atoms with Crippen molar-refractivity contribution in [2.24, 2.45) is 5.73 Å². The number of hydrogen-bond acceptors (Lipinski definition) is 7. The van der Waals surface area contributed by atoms with E-state index in [0.717, 1.165) is 60.9 Å². The van der Waals surface area contributed by atoms with Crippen molar-refractivity contribution < 1.29 is 19.4 Å². The predicted octanol–water partition coefficient (Wildman–Crippen LogP) is 7.56. The number of anilines is 2. The Morgan fingerprint density at radius 2 is 1.67 bits per heavy atom. The maximum Gasteiger partial charge on any atom is 0.345 e. The molecule has 42 heavy (non-hydrogen) atoms. The number of aromatic nitrogens is 1. The van der Waals surface area contributed by atoms with E-state index < -0.39 is 5.97 Å². The molecule has 1 unspecified atom stereocenters. The van der Waals surface area contributed by atoms with E-state index in [1.807, 2.05) is 85.7 Å². The zero-order valence-electron chi connectivity index (χ0n) is 23.6. The molecule has 0 bridgehead atoms. The summed E-state index contributed by atoms with van der Waals surface area (Å²) in [6.07, 6.45) is 1.04. The minimum atomic E-state index is -0.864. The number of ether oxygens (including phenoxy) is 1. The number of nitrogen functional groups attached to an aromatic ring is 1. The van der Waals surface area contributed by atoms with Crippen LogP contribution in [-0.4, -0.2) is 55.2 Å². The molecule has 8 nitrogen and oxygen atoms in total. The average molecular weight is 719 g/mol. The first-order valence-corrected chi connectivity index (χ1v) is 15.4. The van der Waals surface area contributed by atoms with Gasteiger partial charge in [-0.05, 0) is 60.3 Å². The van der Waals surface area contributed by atoms with Crippen LogP contribution in [0.4, 0.5) is 11.4 Å². The number of nitrogens with zero attached hydrogens (tertiary/aromatic N) is 1. The summed E-state index contributed by atoms with van der Waals surface area (Å²) in [5.41, 5.74) is 14.6. The van der Waals surface area contributed by atoms with Crippen molar-refractivity contribution >= 4 is 87.3 Å². The van der Waals surface area contributed by atoms with Gasteiger partial charge < -0.3 is 31.2 Å². The first-order chi connectivity index (χ1) is 19.9. The lowest BCUT2D eigenvalue weighted by Gasteiger charge is -2.13. The number of carbonyl (C=O) groups excluding carboxylic acids is 1. The molecule has 1 aliphatic rings. The van der Waals surface area contributed by atoms with Crippen molar-refractivity contribution in [2.45, 2.75) is 19.4 Å². The summed E-state index contributed by atoms with van der Waals surface area (Å²) in [7, 11) is 3.96. The monoisotopic (exact) mass is 716 g/mol. The number of H-pyrrole nitrogens is 1. The van der Waals surface area contributed by atoms with Gasteiger partial charge in [0.2, 0.25) is 0 Å². The number of aromatic amines is 1. The van der Waals surface area contributed by atoms with Crippen LogP contribution in [0, 0.1) is 0 Å². The summed E-state index contributed by atoms with van der Waals surface area (Å²) in [6, 6.07) is 23.3. The van der Waals surface area contributed by atoms with Crippen molar-refractivity contribution in [1.82, 2.24) is 4.98 Å². The number of carboxylic acid groups (broad SMARTS) is 1. The molecule has 0 spiro atoms. The van der Waals surface area contributed by atoms with Gasteiger partial charge >= 0.3 is 5.97 Å². The van der Waals surface area contributed by atoms with E-state index in [-0.39, 0.29) is 5.78 Å². The van der Waals surface area contributed by atoms with Gasteiger partial charge in [0.1, 0.15) is 4.88 Å². The van der Waals surface area contributed by atoms with E-state index in [0.29, 0.717) is 16.6 Å². The average Bonchev–Trinajstić information content (AvgIpc) is 3.69. The molecule has 1 atom stereocenters. The van der Waals surface area contributed by atoms with Gasteiger partial charge in [0.15, 0.2) is 5.78 Å². The number of thiophene rings is 1. The number of rotatable bonds is 3. The molecular weight excluding hydrogens is 684 g/mol. The normalized spacial score (nSPS) is 13.7. The Morgan fingerprint density at radius 1 is 1.00 bits per heavy atom. The Labute approximate surface area is 265 Å². The summed E-state index contributed by atoms with van der Waals surface area (Å²) in [5.74, 6) is -0.801. The number of hydrogen-bond donors (Lipinski definition) is 4. The Bertz CT molecular complexity index is 1550. The molecule has 0 saturated carbocycles. The van der Waals surface area contributed by atoms with E-state index in [1.54, 1.807) is 13.0 Å². The van der Waals surface area contributed by atoms with Crippen molar-refractivity contribution in [3.8, 4) is 0 Å². The van der Waals surface area contributed by atoms with Gasteiger partial charge in [0.25, 0.3) is 0 Å². The molecule has 1 aliphatic heterocycles. The van der Waals surface area contributed by atoms with Gasteiger partial charge in [0.05, 0.1) is 23.7 Å². The van der Waals surface area contributed by atoms with Crippen LogP contribution in [-0.2, 0) is 4.74 Å². The fourth-order valence-electron chi connectivity index (χ4n) is 3.85. The molecule has 6 rings (SSSR count). The van der Waals surface area contributed by atoms with E-state index in [2.05, 4.69) is 36.8 Å². The van der Waals surface area contributed by atoms with Gasteiger partial charge in [-0.3, -0.25) is 4.79 Å². The van der Waals surface area contributed by atoms with E-state index in [9.17, 15) is 9.59 Å². The van der Waals surface area contributed by atoms with Gasteiger partial charge in [-0.25, -0.2) is 4.79 Å². The minimum Gasteiger partial charge on any atom is -0.477 e. The Morgan fingerprint density at radius 3 is 2.19 bits per heavy atom. The lowest BCUT2D eigenvalue weighted by Crippen LogP contribution is -2.18. The zero-order valence-corrected chi connectivity index (χ0v) is 27.6. The topological polar surface area (TPSA) is 135 Å². The number of nitrogens with one attached hydrogen (secondary N) is 1. The number of carboxylic acids is 1. The van der Waals surface area contributed by atoms with Crippen LogP contribution in [0.1, 0.15) is 33.5 Å². The quantitative estimate of drug-likeness (QED) is 0.112. The molecule has 0 aliphatic carbocycles. The molecule has 6 N–H and O–H groups in total. The van der Waals surface area contributed by atoms with Crippen LogP contribution in [0.25, 0.3) is 21.0 Å². The summed E-state index contributed by atoms with van der Waals surface area (Å²) >= 11 is 8.00. The maximum absolute atomic E-state index is 11.1. The first kappa shape index (κ1) is 33.3. The fourth-order valence-corrected chi connectivity index (χ4v) is 5.66. The summed E-state index contributed by atoms with van der Waals surface area (Å²) in [4.78, 5) is 27.1. The second kappa shape index (κ2) is 15.9. The highest BCUT2D eigenvalue weighted by Crippen LogP contribution is 2.28.